The molecule has 0 spiro atoms. The number of carbonyl (C=O) groups is 1. The summed E-state index contributed by atoms with van der Waals surface area (Å²) in [6.07, 6.45) is 10.2. The van der Waals surface area contributed by atoms with Crippen molar-refractivity contribution >= 4 is 11.6 Å². The van der Waals surface area contributed by atoms with E-state index in [1.165, 1.54) is 50.5 Å². The van der Waals surface area contributed by atoms with Gasteiger partial charge in [0.25, 0.3) is 0 Å². The summed E-state index contributed by atoms with van der Waals surface area (Å²) >= 11 is 0. The average Bonchev–Trinajstić information content (AvgIpc) is 2.38. The van der Waals surface area contributed by atoms with E-state index < -0.39 is 0 Å². The van der Waals surface area contributed by atoms with E-state index in [1.54, 1.807) is 6.92 Å². The summed E-state index contributed by atoms with van der Waals surface area (Å²) in [5, 5.41) is 2.85. The second kappa shape index (κ2) is 4.86. The van der Waals surface area contributed by atoms with E-state index in [0.29, 0.717) is 5.41 Å². The summed E-state index contributed by atoms with van der Waals surface area (Å²) in [5.41, 5.74) is 2.97. The summed E-state index contributed by atoms with van der Waals surface area (Å²) in [7, 11) is 0. The zero-order valence-corrected chi connectivity index (χ0v) is 12.9. The minimum atomic E-state index is 0.00355. The van der Waals surface area contributed by atoms with E-state index in [-0.39, 0.29) is 5.91 Å². The molecule has 0 atom stereocenters. The molecule has 0 heterocycles. The number of hydrogen-bond donors (Lipinski definition) is 1. The molecule has 2 nitrogen and oxygen atoms in total. The van der Waals surface area contributed by atoms with E-state index >= 15 is 0 Å². The average molecular weight is 283 g/mol. The first-order valence-electron chi connectivity index (χ1n) is 8.47. The van der Waals surface area contributed by atoms with Crippen molar-refractivity contribution in [1.29, 1.82) is 0 Å². The van der Waals surface area contributed by atoms with Gasteiger partial charge in [0.2, 0.25) is 5.91 Å². The quantitative estimate of drug-likeness (QED) is 0.875. The van der Waals surface area contributed by atoms with Gasteiger partial charge in [0.1, 0.15) is 0 Å². The Balaban J connectivity index is 1.49. The van der Waals surface area contributed by atoms with E-state index in [4.69, 9.17) is 0 Å². The molecule has 4 saturated carbocycles. The molecule has 4 bridgehead atoms. The molecule has 0 saturated heterocycles. The highest BCUT2D eigenvalue weighted by molar-refractivity contribution is 5.88. The van der Waals surface area contributed by atoms with Gasteiger partial charge in [-0.3, -0.25) is 4.79 Å². The van der Waals surface area contributed by atoms with E-state index in [2.05, 4.69) is 29.6 Å². The first-order valence-corrected chi connectivity index (χ1v) is 8.47. The second-order valence-corrected chi connectivity index (χ2v) is 7.97. The van der Waals surface area contributed by atoms with Crippen LogP contribution in [0.3, 0.4) is 0 Å². The fourth-order valence-corrected chi connectivity index (χ4v) is 5.85. The highest BCUT2D eigenvalue weighted by atomic mass is 16.1. The number of amides is 1. The normalized spacial score (nSPS) is 36.7. The molecule has 1 aromatic rings. The molecular weight excluding hydrogens is 258 g/mol. The molecule has 0 unspecified atom stereocenters. The van der Waals surface area contributed by atoms with Crippen molar-refractivity contribution in [3.8, 4) is 0 Å². The standard InChI is InChI=1S/C19H25NO/c1-13(21)20-18-4-2-14(3-5-18)9-19-10-15-6-16(11-19)8-17(7-15)12-19/h2-5,15-17H,6-12H2,1H3,(H,20,21). The Morgan fingerprint density at radius 2 is 1.57 bits per heavy atom. The maximum absolute atomic E-state index is 11.1. The van der Waals surface area contributed by atoms with Crippen LogP contribution in [0.2, 0.25) is 0 Å². The fraction of sp³-hybridized carbons (Fsp3) is 0.632. The second-order valence-electron chi connectivity index (χ2n) is 7.97. The van der Waals surface area contributed by atoms with Crippen molar-refractivity contribution in [3.63, 3.8) is 0 Å². The third-order valence-corrected chi connectivity index (χ3v) is 6.02. The number of anilines is 1. The van der Waals surface area contributed by atoms with E-state index in [0.717, 1.165) is 23.4 Å². The predicted molar refractivity (Wildman–Crippen MR) is 85.1 cm³/mol. The summed E-state index contributed by atoms with van der Waals surface area (Å²) in [6, 6.07) is 8.53. The molecule has 0 radical (unpaired) electrons. The van der Waals surface area contributed by atoms with Crippen LogP contribution in [0.15, 0.2) is 24.3 Å². The van der Waals surface area contributed by atoms with Crippen molar-refractivity contribution in [2.24, 2.45) is 23.2 Å². The third kappa shape index (κ3) is 2.61. The predicted octanol–water partition coefficient (Wildman–Crippen LogP) is 4.40. The van der Waals surface area contributed by atoms with Gasteiger partial charge in [-0.25, -0.2) is 0 Å². The van der Waals surface area contributed by atoms with Gasteiger partial charge >= 0.3 is 0 Å². The number of rotatable bonds is 3. The highest BCUT2D eigenvalue weighted by Gasteiger charge is 2.50. The van der Waals surface area contributed by atoms with Gasteiger partial charge < -0.3 is 5.32 Å². The van der Waals surface area contributed by atoms with Gasteiger partial charge in [0.05, 0.1) is 0 Å². The third-order valence-electron chi connectivity index (χ3n) is 6.02. The Bertz CT molecular complexity index is 510. The molecule has 5 rings (SSSR count). The summed E-state index contributed by atoms with van der Waals surface area (Å²) in [5.74, 6) is 3.07. The van der Waals surface area contributed by atoms with Gasteiger partial charge in [-0.15, -0.1) is 0 Å². The molecule has 1 aromatic carbocycles. The van der Waals surface area contributed by atoms with Crippen LogP contribution in [-0.2, 0) is 11.2 Å². The van der Waals surface area contributed by atoms with Crippen LogP contribution in [0.1, 0.15) is 51.0 Å². The van der Waals surface area contributed by atoms with Crippen LogP contribution >= 0.6 is 0 Å². The van der Waals surface area contributed by atoms with E-state index in [9.17, 15) is 4.79 Å². The summed E-state index contributed by atoms with van der Waals surface area (Å²) < 4.78 is 0. The van der Waals surface area contributed by atoms with Crippen LogP contribution in [-0.4, -0.2) is 5.91 Å². The Hall–Kier alpha value is -1.31. The van der Waals surface area contributed by atoms with Gasteiger partial charge in [-0.05, 0) is 85.8 Å². The topological polar surface area (TPSA) is 29.1 Å². The lowest BCUT2D eigenvalue weighted by Gasteiger charge is -2.57. The van der Waals surface area contributed by atoms with Crippen molar-refractivity contribution in [2.45, 2.75) is 51.9 Å². The zero-order valence-electron chi connectivity index (χ0n) is 12.9. The van der Waals surface area contributed by atoms with Gasteiger partial charge in [-0.1, -0.05) is 12.1 Å². The summed E-state index contributed by atoms with van der Waals surface area (Å²) in [4.78, 5) is 11.1. The fourth-order valence-electron chi connectivity index (χ4n) is 5.85. The van der Waals surface area contributed by atoms with Gasteiger partial charge in [0, 0.05) is 12.6 Å². The van der Waals surface area contributed by atoms with Crippen LogP contribution in [0.4, 0.5) is 5.69 Å². The Morgan fingerprint density at radius 3 is 2.05 bits per heavy atom. The van der Waals surface area contributed by atoms with Crippen molar-refractivity contribution in [2.75, 3.05) is 5.32 Å². The number of carbonyl (C=O) groups excluding carboxylic acids is 1. The molecule has 4 aliphatic rings. The van der Waals surface area contributed by atoms with Gasteiger partial charge in [0.15, 0.2) is 0 Å². The lowest BCUT2D eigenvalue weighted by molar-refractivity contribution is -0.114. The maximum atomic E-state index is 11.1. The first kappa shape index (κ1) is 13.4. The SMILES string of the molecule is CC(=O)Nc1ccc(CC23CC4CC(CC(C4)C2)C3)cc1. The minimum absolute atomic E-state index is 0.00355. The van der Waals surface area contributed by atoms with Crippen molar-refractivity contribution in [3.05, 3.63) is 29.8 Å². The lowest BCUT2D eigenvalue weighted by atomic mass is 9.48. The van der Waals surface area contributed by atoms with Crippen LogP contribution < -0.4 is 5.32 Å². The monoisotopic (exact) mass is 283 g/mol. The lowest BCUT2D eigenvalue weighted by Crippen LogP contribution is -2.47. The minimum Gasteiger partial charge on any atom is -0.326 e. The zero-order chi connectivity index (χ0) is 14.4. The molecular formula is C19H25NO. The maximum Gasteiger partial charge on any atom is 0.221 e. The largest absolute Gasteiger partial charge is 0.326 e. The highest BCUT2D eigenvalue weighted by Crippen LogP contribution is 2.61. The molecule has 0 aliphatic heterocycles. The molecule has 21 heavy (non-hydrogen) atoms. The number of nitrogens with one attached hydrogen (secondary N) is 1. The van der Waals surface area contributed by atoms with Crippen LogP contribution in [0.5, 0.6) is 0 Å². The van der Waals surface area contributed by atoms with Gasteiger partial charge in [-0.2, -0.15) is 0 Å². The molecule has 1 N–H and O–H groups in total. The molecule has 4 fully saturated rings. The van der Waals surface area contributed by atoms with Crippen molar-refractivity contribution < 1.29 is 4.79 Å². The number of benzene rings is 1. The Labute approximate surface area is 127 Å². The Morgan fingerprint density at radius 1 is 1.05 bits per heavy atom. The van der Waals surface area contributed by atoms with E-state index in [1.807, 2.05) is 0 Å². The summed E-state index contributed by atoms with van der Waals surface area (Å²) in [6.45, 7) is 1.56. The molecule has 0 aromatic heterocycles. The van der Waals surface area contributed by atoms with Crippen LogP contribution in [0.25, 0.3) is 0 Å². The van der Waals surface area contributed by atoms with Crippen molar-refractivity contribution in [1.82, 2.24) is 0 Å². The molecule has 1 amide bonds. The molecule has 112 valence electrons. The first-order chi connectivity index (χ1) is 10.1. The number of hydrogen-bond acceptors (Lipinski definition) is 1. The van der Waals surface area contributed by atoms with Crippen LogP contribution in [0, 0.1) is 23.2 Å². The smallest absolute Gasteiger partial charge is 0.221 e. The molecule has 2 heteroatoms. The Kier molecular flexibility index (Phi) is 3.09. The molecule has 4 aliphatic carbocycles.